The minimum atomic E-state index is -1.13. The summed E-state index contributed by atoms with van der Waals surface area (Å²) in [6.45, 7) is 14.1. The Morgan fingerprint density at radius 2 is 1.86 bits per heavy atom. The van der Waals surface area contributed by atoms with Crippen molar-refractivity contribution in [1.82, 2.24) is 9.88 Å². The van der Waals surface area contributed by atoms with Gasteiger partial charge in [0.1, 0.15) is 12.4 Å². The molecule has 8 rings (SSSR count). The van der Waals surface area contributed by atoms with Gasteiger partial charge in [-0.2, -0.15) is 0 Å². The number of nitrogens with zero attached hydrogens (tertiary/aromatic N) is 2. The maximum absolute atomic E-state index is 10.9. The lowest BCUT2D eigenvalue weighted by Gasteiger charge is -2.60. The highest BCUT2D eigenvalue weighted by molar-refractivity contribution is 5.29. The van der Waals surface area contributed by atoms with E-state index in [-0.39, 0.29) is 30.0 Å². The van der Waals surface area contributed by atoms with Gasteiger partial charge in [-0.05, 0) is 123 Å². The van der Waals surface area contributed by atoms with Crippen molar-refractivity contribution in [2.75, 3.05) is 19.7 Å². The predicted molar refractivity (Wildman–Crippen MR) is 164 cm³/mol. The number of fused-ring (bicyclic) bond motifs is 4. The normalized spacial score (nSPS) is 48.8. The van der Waals surface area contributed by atoms with Gasteiger partial charge in [0.05, 0.1) is 42.8 Å². The minimum absolute atomic E-state index is 0.123. The fraction of sp³-hybridized carbons (Fsp3) is 0.917. The van der Waals surface area contributed by atoms with Crippen LogP contribution in [0.1, 0.15) is 105 Å². The third-order valence-corrected chi connectivity index (χ3v) is 14.9. The van der Waals surface area contributed by atoms with E-state index >= 15 is 0 Å². The topological polar surface area (TPSA) is 97.4 Å². The molecule has 12 atom stereocenters. The van der Waals surface area contributed by atoms with Crippen LogP contribution in [0.5, 0.6) is 0 Å². The molecule has 5 saturated carbocycles. The third kappa shape index (κ3) is 4.40. The Morgan fingerprint density at radius 3 is 2.64 bits per heavy atom. The van der Waals surface area contributed by atoms with Crippen molar-refractivity contribution >= 4 is 0 Å². The summed E-state index contributed by atoms with van der Waals surface area (Å²) in [5.74, 6) is 2.80. The first-order valence-electron chi connectivity index (χ1n) is 17.8. The number of aliphatic hydroxyl groups excluding tert-OH is 1. The molecule has 0 radical (unpaired) electrons. The van der Waals surface area contributed by atoms with Crippen molar-refractivity contribution in [3.8, 4) is 0 Å². The summed E-state index contributed by atoms with van der Waals surface area (Å²) in [5, 5.41) is 21.4. The van der Waals surface area contributed by atoms with E-state index in [1.807, 2.05) is 0 Å². The smallest absolute Gasteiger partial charge is 0.180 e. The van der Waals surface area contributed by atoms with Gasteiger partial charge < -0.3 is 28.8 Å². The van der Waals surface area contributed by atoms with Crippen LogP contribution in [0, 0.1) is 45.3 Å². The largest absolute Gasteiger partial charge is 0.451 e. The first kappa shape index (κ1) is 30.3. The second kappa shape index (κ2) is 10.2. The van der Waals surface area contributed by atoms with E-state index in [4.69, 9.17) is 18.6 Å². The number of hydrogen-bond donors (Lipinski definition) is 2. The van der Waals surface area contributed by atoms with E-state index in [9.17, 15) is 10.2 Å². The van der Waals surface area contributed by atoms with Gasteiger partial charge in [0.15, 0.2) is 12.7 Å². The lowest BCUT2D eigenvalue weighted by molar-refractivity contribution is -0.246. The Labute approximate surface area is 263 Å². The molecule has 8 nitrogen and oxygen atoms in total. The van der Waals surface area contributed by atoms with Crippen LogP contribution in [0.25, 0.3) is 0 Å². The fourth-order valence-corrected chi connectivity index (χ4v) is 12.8. The van der Waals surface area contributed by atoms with E-state index < -0.39 is 11.7 Å². The number of rotatable bonds is 6. The number of aliphatic hydroxyl groups is 2. The van der Waals surface area contributed by atoms with Crippen LogP contribution >= 0.6 is 0 Å². The number of oxazole rings is 1. The molecule has 8 heteroatoms. The van der Waals surface area contributed by atoms with Gasteiger partial charge in [0.25, 0.3) is 0 Å². The first-order valence-corrected chi connectivity index (χ1v) is 17.8. The highest BCUT2D eigenvalue weighted by atomic mass is 16.7. The SMILES string of the molecule is CC12CCC34C[C@@]35CC[C@H](OC3CN(Cc6cocn6)CCO3)C(C)(C)C5CCC4C1CC1OC([C@H](O)C(C)(C)O)CCC12. The molecule has 0 amide bonds. The Kier molecular flexibility index (Phi) is 7.05. The van der Waals surface area contributed by atoms with Crippen LogP contribution in [0.15, 0.2) is 17.1 Å². The van der Waals surface area contributed by atoms with Crippen LogP contribution in [0.4, 0.5) is 0 Å². The van der Waals surface area contributed by atoms with Crippen LogP contribution in [-0.2, 0) is 20.8 Å². The summed E-state index contributed by atoms with van der Waals surface area (Å²) in [4.78, 5) is 6.69. The molecule has 0 aromatic carbocycles. The summed E-state index contributed by atoms with van der Waals surface area (Å²) in [5.41, 5.74) is 1.26. The van der Waals surface area contributed by atoms with Gasteiger partial charge in [-0.25, -0.2) is 4.98 Å². The standard InChI is InChI=1S/C36H56N2O6/c1-32(2)28-9-7-23-25-16-27-24(6-8-26(43-27)31(39)33(3,4)40)34(25,5)12-13-35(23)20-36(28,35)11-10-29(32)44-30-18-38(14-15-42-30)17-22-19-41-21-37-22/h19,21,23-31,39-40H,6-18,20H2,1-5H3/t23?,24?,25?,26?,27?,28?,29-,30?,31-,34?,35?,36+/m0/s1. The quantitative estimate of drug-likeness (QED) is 0.431. The van der Waals surface area contributed by atoms with E-state index in [1.54, 1.807) is 20.1 Å². The zero-order valence-electron chi connectivity index (χ0n) is 27.7. The Morgan fingerprint density at radius 1 is 1.05 bits per heavy atom. The lowest BCUT2D eigenvalue weighted by atomic mass is 9.46. The molecule has 2 spiro atoms. The summed E-state index contributed by atoms with van der Waals surface area (Å²) in [6.07, 6.45) is 14.7. The van der Waals surface area contributed by atoms with Crippen molar-refractivity contribution in [3.63, 3.8) is 0 Å². The molecule has 5 aliphatic carbocycles. The fourth-order valence-electron chi connectivity index (χ4n) is 12.8. The first-order chi connectivity index (χ1) is 20.9. The van der Waals surface area contributed by atoms with Gasteiger partial charge in [-0.1, -0.05) is 20.8 Å². The Balaban J connectivity index is 0.955. The number of ether oxygens (including phenoxy) is 3. The molecule has 2 aliphatic heterocycles. The van der Waals surface area contributed by atoms with Gasteiger partial charge >= 0.3 is 0 Å². The average Bonchev–Trinajstić information content (AvgIpc) is 3.20. The second-order valence-electron chi connectivity index (χ2n) is 17.6. The summed E-state index contributed by atoms with van der Waals surface area (Å²) in [7, 11) is 0. The zero-order valence-corrected chi connectivity index (χ0v) is 27.7. The van der Waals surface area contributed by atoms with Crippen molar-refractivity contribution in [2.24, 2.45) is 45.3 Å². The molecule has 7 aliphatic rings. The van der Waals surface area contributed by atoms with Crippen LogP contribution < -0.4 is 0 Å². The van der Waals surface area contributed by atoms with Crippen molar-refractivity contribution in [1.29, 1.82) is 0 Å². The molecule has 2 N–H and O–H groups in total. The zero-order chi connectivity index (χ0) is 30.7. The molecular weight excluding hydrogens is 556 g/mol. The number of aromatic nitrogens is 1. The van der Waals surface area contributed by atoms with Crippen LogP contribution in [0.3, 0.4) is 0 Å². The van der Waals surface area contributed by atoms with Crippen molar-refractivity contribution in [2.45, 2.75) is 142 Å². The van der Waals surface area contributed by atoms with Gasteiger partial charge in [0.2, 0.25) is 0 Å². The summed E-state index contributed by atoms with van der Waals surface area (Å²) < 4.78 is 24.9. The minimum Gasteiger partial charge on any atom is -0.451 e. The van der Waals surface area contributed by atoms with Crippen molar-refractivity contribution < 1.29 is 28.8 Å². The van der Waals surface area contributed by atoms with E-state index in [2.05, 4.69) is 30.7 Å². The highest BCUT2D eigenvalue weighted by Gasteiger charge is 2.80. The molecular formula is C36H56N2O6. The Hall–Kier alpha value is -1.03. The van der Waals surface area contributed by atoms with Gasteiger partial charge in [-0.3, -0.25) is 4.90 Å². The monoisotopic (exact) mass is 612 g/mol. The molecule has 3 heterocycles. The van der Waals surface area contributed by atoms with E-state index in [0.29, 0.717) is 40.6 Å². The number of morpholine rings is 1. The molecule has 1 aromatic rings. The van der Waals surface area contributed by atoms with E-state index in [1.165, 1.54) is 44.9 Å². The molecule has 7 fully saturated rings. The van der Waals surface area contributed by atoms with Crippen LogP contribution in [-0.4, -0.2) is 76.1 Å². The van der Waals surface area contributed by atoms with Gasteiger partial charge in [0, 0.05) is 13.1 Å². The molecule has 1 aromatic heterocycles. The third-order valence-electron chi connectivity index (χ3n) is 14.9. The highest BCUT2D eigenvalue weighted by Crippen LogP contribution is 2.87. The molecule has 0 bridgehead atoms. The summed E-state index contributed by atoms with van der Waals surface area (Å²) in [6, 6.07) is 0. The van der Waals surface area contributed by atoms with Crippen LogP contribution in [0.2, 0.25) is 0 Å². The molecule has 246 valence electrons. The molecule has 44 heavy (non-hydrogen) atoms. The molecule has 9 unspecified atom stereocenters. The summed E-state index contributed by atoms with van der Waals surface area (Å²) >= 11 is 0. The maximum Gasteiger partial charge on any atom is 0.180 e. The van der Waals surface area contributed by atoms with E-state index in [0.717, 1.165) is 56.9 Å². The number of hydrogen-bond acceptors (Lipinski definition) is 8. The maximum atomic E-state index is 10.9. The van der Waals surface area contributed by atoms with Crippen molar-refractivity contribution in [3.05, 3.63) is 18.4 Å². The average molecular weight is 613 g/mol. The van der Waals surface area contributed by atoms with Gasteiger partial charge in [-0.15, -0.1) is 0 Å². The molecule has 2 saturated heterocycles. The second-order valence-corrected chi connectivity index (χ2v) is 17.6. The predicted octanol–water partition coefficient (Wildman–Crippen LogP) is 5.56. The Bertz CT molecular complexity index is 1220. The lowest BCUT2D eigenvalue weighted by Crippen LogP contribution is -2.56.